The zero-order chi connectivity index (χ0) is 11.8. The van der Waals surface area contributed by atoms with Crippen LogP contribution in [0.3, 0.4) is 0 Å². The van der Waals surface area contributed by atoms with Crippen molar-refractivity contribution >= 4 is 10.0 Å². The van der Waals surface area contributed by atoms with Crippen molar-refractivity contribution in [3.05, 3.63) is 30.5 Å². The van der Waals surface area contributed by atoms with Gasteiger partial charge in [0.25, 0.3) is 0 Å². The van der Waals surface area contributed by atoms with E-state index in [2.05, 4.69) is 10.3 Å². The van der Waals surface area contributed by atoms with Gasteiger partial charge in [0.05, 0.1) is 16.8 Å². The Morgan fingerprint density at radius 1 is 1.25 bits per heavy atom. The highest BCUT2D eigenvalue weighted by Crippen LogP contribution is 2.18. The molecule has 0 spiro atoms. The third kappa shape index (κ3) is 1.95. The van der Waals surface area contributed by atoms with Crippen molar-refractivity contribution < 1.29 is 8.42 Å². The van der Waals surface area contributed by atoms with Crippen LogP contribution in [0.2, 0.25) is 0 Å². The molecule has 1 aromatic carbocycles. The Bertz CT molecular complexity index is 601. The minimum Gasteiger partial charge on any atom is -0.248 e. The molecule has 0 amide bonds. The Labute approximate surface area is 92.7 Å². The van der Waals surface area contributed by atoms with Crippen LogP contribution in [0, 0.1) is 0 Å². The average Bonchev–Trinajstić information content (AvgIpc) is 2.63. The summed E-state index contributed by atoms with van der Waals surface area (Å²) in [6.07, 6.45) is 1.60. The largest absolute Gasteiger partial charge is 0.248 e. The molecule has 84 valence electrons. The lowest BCUT2D eigenvalue weighted by atomic mass is 10.2. The van der Waals surface area contributed by atoms with Crippen molar-refractivity contribution in [1.29, 1.82) is 0 Å². The first kappa shape index (κ1) is 10.8. The van der Waals surface area contributed by atoms with Crippen LogP contribution in [-0.4, -0.2) is 23.4 Å². The van der Waals surface area contributed by atoms with Crippen LogP contribution < -0.4 is 5.14 Å². The second-order valence-corrected chi connectivity index (χ2v) is 4.87. The van der Waals surface area contributed by atoms with E-state index in [-0.39, 0.29) is 4.90 Å². The fourth-order valence-corrected chi connectivity index (χ4v) is 1.88. The Kier molecular flexibility index (Phi) is 2.49. The quantitative estimate of drug-likeness (QED) is 0.805. The molecule has 2 N–H and O–H groups in total. The first-order valence-electron chi connectivity index (χ1n) is 4.46. The molecule has 0 radical (unpaired) electrons. The van der Waals surface area contributed by atoms with Crippen LogP contribution in [0.25, 0.3) is 11.3 Å². The van der Waals surface area contributed by atoms with Crippen molar-refractivity contribution in [2.24, 2.45) is 12.2 Å². The fraction of sp³-hybridized carbons (Fsp3) is 0.111. The number of aromatic nitrogens is 3. The Balaban J connectivity index is 2.45. The Morgan fingerprint density at radius 2 is 1.88 bits per heavy atom. The Morgan fingerprint density at radius 3 is 2.31 bits per heavy atom. The summed E-state index contributed by atoms with van der Waals surface area (Å²) in [6, 6.07) is 6.24. The maximum absolute atomic E-state index is 11.0. The van der Waals surface area contributed by atoms with E-state index < -0.39 is 10.0 Å². The number of aryl methyl sites for hydroxylation is 1. The van der Waals surface area contributed by atoms with Gasteiger partial charge in [-0.05, 0) is 12.1 Å². The summed E-state index contributed by atoms with van der Waals surface area (Å²) in [7, 11) is -1.88. The van der Waals surface area contributed by atoms with E-state index in [1.807, 2.05) is 0 Å². The van der Waals surface area contributed by atoms with Gasteiger partial charge >= 0.3 is 0 Å². The number of benzene rings is 1. The minimum absolute atomic E-state index is 0.0892. The molecule has 1 aromatic heterocycles. The summed E-state index contributed by atoms with van der Waals surface area (Å²) in [5.41, 5.74) is 1.64. The van der Waals surface area contributed by atoms with E-state index >= 15 is 0 Å². The topological polar surface area (TPSA) is 90.9 Å². The van der Waals surface area contributed by atoms with E-state index in [0.29, 0.717) is 0 Å². The number of nitrogens with two attached hydrogens (primary N) is 1. The van der Waals surface area contributed by atoms with Gasteiger partial charge in [-0.2, -0.15) is 0 Å². The van der Waals surface area contributed by atoms with Crippen LogP contribution in [0.4, 0.5) is 0 Å². The summed E-state index contributed by atoms with van der Waals surface area (Å²) >= 11 is 0. The molecule has 2 aromatic rings. The standard InChI is InChI=1S/C9H10N4O2S/c1-13-9(6-11-12-13)7-2-4-8(5-3-7)16(10,14)15/h2-6H,1H3,(H2,10,14,15). The molecule has 0 saturated carbocycles. The SMILES string of the molecule is Cn1nncc1-c1ccc(S(N)(=O)=O)cc1. The van der Waals surface area contributed by atoms with E-state index in [9.17, 15) is 8.42 Å². The molecule has 2 rings (SSSR count). The highest BCUT2D eigenvalue weighted by atomic mass is 32.2. The van der Waals surface area contributed by atoms with Crippen LogP contribution in [0.1, 0.15) is 0 Å². The Hall–Kier alpha value is -1.73. The first-order chi connectivity index (χ1) is 7.48. The summed E-state index contributed by atoms with van der Waals surface area (Å²) in [5.74, 6) is 0. The van der Waals surface area contributed by atoms with E-state index in [1.54, 1.807) is 30.1 Å². The van der Waals surface area contributed by atoms with Gasteiger partial charge in [0.1, 0.15) is 0 Å². The predicted molar refractivity (Wildman–Crippen MR) is 57.8 cm³/mol. The molecule has 0 atom stereocenters. The van der Waals surface area contributed by atoms with Gasteiger partial charge in [0, 0.05) is 12.6 Å². The average molecular weight is 238 g/mol. The zero-order valence-electron chi connectivity index (χ0n) is 8.53. The van der Waals surface area contributed by atoms with Crippen molar-refractivity contribution in [2.75, 3.05) is 0 Å². The molecular weight excluding hydrogens is 228 g/mol. The van der Waals surface area contributed by atoms with Gasteiger partial charge in [-0.1, -0.05) is 17.3 Å². The van der Waals surface area contributed by atoms with E-state index in [1.165, 1.54) is 12.1 Å². The lowest BCUT2D eigenvalue weighted by molar-refractivity contribution is 0.598. The maximum atomic E-state index is 11.0. The second kappa shape index (κ2) is 3.69. The van der Waals surface area contributed by atoms with Gasteiger partial charge in [-0.15, -0.1) is 5.10 Å². The van der Waals surface area contributed by atoms with Gasteiger partial charge in [-0.3, -0.25) is 0 Å². The van der Waals surface area contributed by atoms with E-state index in [4.69, 9.17) is 5.14 Å². The number of rotatable bonds is 2. The van der Waals surface area contributed by atoms with Crippen molar-refractivity contribution in [1.82, 2.24) is 15.0 Å². The molecule has 0 fully saturated rings. The summed E-state index contributed by atoms with van der Waals surface area (Å²) in [5, 5.41) is 12.5. The lowest BCUT2D eigenvalue weighted by Gasteiger charge is -2.02. The predicted octanol–water partition coefficient (Wildman–Crippen LogP) is 0.129. The highest BCUT2D eigenvalue weighted by Gasteiger charge is 2.08. The van der Waals surface area contributed by atoms with Crippen LogP contribution in [-0.2, 0) is 17.1 Å². The molecule has 0 bridgehead atoms. The zero-order valence-corrected chi connectivity index (χ0v) is 9.35. The fourth-order valence-electron chi connectivity index (χ4n) is 1.37. The normalized spacial score (nSPS) is 11.6. The number of hydrogen-bond acceptors (Lipinski definition) is 4. The van der Waals surface area contributed by atoms with Crippen LogP contribution in [0.5, 0.6) is 0 Å². The van der Waals surface area contributed by atoms with Crippen molar-refractivity contribution in [3.8, 4) is 11.3 Å². The van der Waals surface area contributed by atoms with Crippen LogP contribution in [0.15, 0.2) is 35.4 Å². The van der Waals surface area contributed by atoms with Gasteiger partial charge in [-0.25, -0.2) is 18.2 Å². The molecule has 16 heavy (non-hydrogen) atoms. The number of nitrogens with zero attached hydrogens (tertiary/aromatic N) is 3. The van der Waals surface area contributed by atoms with Crippen LogP contribution >= 0.6 is 0 Å². The van der Waals surface area contributed by atoms with E-state index in [0.717, 1.165) is 11.3 Å². The summed E-state index contributed by atoms with van der Waals surface area (Å²) in [6.45, 7) is 0. The summed E-state index contributed by atoms with van der Waals surface area (Å²) in [4.78, 5) is 0.0892. The molecular formula is C9H10N4O2S. The van der Waals surface area contributed by atoms with Gasteiger partial charge < -0.3 is 0 Å². The van der Waals surface area contributed by atoms with Gasteiger partial charge in [0.15, 0.2) is 0 Å². The molecule has 1 heterocycles. The third-order valence-corrected chi connectivity index (χ3v) is 3.12. The molecule has 0 aliphatic heterocycles. The highest BCUT2D eigenvalue weighted by molar-refractivity contribution is 7.89. The molecule has 6 nitrogen and oxygen atoms in total. The number of primary sulfonamides is 1. The lowest BCUT2D eigenvalue weighted by Crippen LogP contribution is -2.11. The van der Waals surface area contributed by atoms with Crippen molar-refractivity contribution in [2.45, 2.75) is 4.90 Å². The molecule has 0 aliphatic rings. The monoisotopic (exact) mass is 238 g/mol. The summed E-state index contributed by atoms with van der Waals surface area (Å²) < 4.78 is 23.7. The first-order valence-corrected chi connectivity index (χ1v) is 6.01. The maximum Gasteiger partial charge on any atom is 0.238 e. The van der Waals surface area contributed by atoms with Crippen molar-refractivity contribution in [3.63, 3.8) is 0 Å². The third-order valence-electron chi connectivity index (χ3n) is 2.19. The molecule has 0 aliphatic carbocycles. The molecule has 0 unspecified atom stereocenters. The molecule has 7 heteroatoms. The minimum atomic E-state index is -3.64. The van der Waals surface area contributed by atoms with Gasteiger partial charge in [0.2, 0.25) is 10.0 Å². The second-order valence-electron chi connectivity index (χ2n) is 3.31. The number of sulfonamides is 1. The smallest absolute Gasteiger partial charge is 0.238 e. The molecule has 0 saturated heterocycles. The number of hydrogen-bond donors (Lipinski definition) is 1.